The molecule has 1 aliphatic rings. The number of carbonyl (C=O) groups is 1. The number of aryl methyl sites for hydroxylation is 1. The fraction of sp³-hybridized carbons (Fsp3) is 0.429. The number of nitrogens with zero attached hydrogens (tertiary/aromatic N) is 5. The third-order valence-corrected chi connectivity index (χ3v) is 5.56. The monoisotopic (exact) mass is 379 g/mol. The number of likely N-dealkylation sites (tertiary alicyclic amines) is 1. The Bertz CT molecular complexity index is 1050. The summed E-state index contributed by atoms with van der Waals surface area (Å²) in [5.74, 6) is 1.38. The van der Waals surface area contributed by atoms with E-state index < -0.39 is 0 Å². The van der Waals surface area contributed by atoms with Crippen molar-refractivity contribution in [1.82, 2.24) is 24.2 Å². The van der Waals surface area contributed by atoms with Gasteiger partial charge in [-0.2, -0.15) is 5.10 Å². The fourth-order valence-corrected chi connectivity index (χ4v) is 3.75. The highest BCUT2D eigenvalue weighted by Gasteiger charge is 2.21. The quantitative estimate of drug-likeness (QED) is 0.698. The van der Waals surface area contributed by atoms with E-state index in [4.69, 9.17) is 0 Å². The SMILES string of the molecule is Cc1nc2c(cnn2-c2ccccc2)c(=O)n1CCC(=O)N1CCC(C)CC1. The Labute approximate surface area is 163 Å². The molecule has 0 radical (unpaired) electrons. The number of fused-ring (bicyclic) bond motifs is 1. The smallest absolute Gasteiger partial charge is 0.264 e. The molecule has 0 atom stereocenters. The Hall–Kier alpha value is -2.96. The second-order valence-corrected chi connectivity index (χ2v) is 7.56. The molecule has 4 rings (SSSR count). The lowest BCUT2D eigenvalue weighted by atomic mass is 9.99. The lowest BCUT2D eigenvalue weighted by molar-refractivity contribution is -0.132. The molecule has 28 heavy (non-hydrogen) atoms. The van der Waals surface area contributed by atoms with Gasteiger partial charge in [-0.25, -0.2) is 9.67 Å². The molecule has 0 aliphatic carbocycles. The van der Waals surface area contributed by atoms with E-state index in [-0.39, 0.29) is 11.5 Å². The molecule has 0 N–H and O–H groups in total. The van der Waals surface area contributed by atoms with Crippen LogP contribution in [0.1, 0.15) is 32.0 Å². The summed E-state index contributed by atoms with van der Waals surface area (Å²) in [6.45, 7) is 6.00. The summed E-state index contributed by atoms with van der Waals surface area (Å²) in [7, 11) is 0. The van der Waals surface area contributed by atoms with Gasteiger partial charge in [0, 0.05) is 26.1 Å². The average Bonchev–Trinajstić information content (AvgIpc) is 3.12. The van der Waals surface area contributed by atoms with Crippen LogP contribution in [0.4, 0.5) is 0 Å². The van der Waals surface area contributed by atoms with Crippen molar-refractivity contribution >= 4 is 16.9 Å². The van der Waals surface area contributed by atoms with Crippen LogP contribution in [0, 0.1) is 12.8 Å². The lowest BCUT2D eigenvalue weighted by Crippen LogP contribution is -2.38. The van der Waals surface area contributed by atoms with Gasteiger partial charge in [0.25, 0.3) is 5.56 Å². The highest BCUT2D eigenvalue weighted by molar-refractivity contribution is 5.77. The molecule has 3 aromatic rings. The number of piperidine rings is 1. The maximum absolute atomic E-state index is 13.0. The maximum atomic E-state index is 13.0. The standard InChI is InChI=1S/C21H25N5O2/c1-15-8-11-24(12-9-15)19(27)10-13-25-16(2)23-20-18(21(25)28)14-22-26(20)17-6-4-3-5-7-17/h3-7,14-15H,8-13H2,1-2H3. The zero-order chi connectivity index (χ0) is 19.7. The maximum Gasteiger partial charge on any atom is 0.264 e. The van der Waals surface area contributed by atoms with Crippen molar-refractivity contribution in [3.63, 3.8) is 0 Å². The summed E-state index contributed by atoms with van der Waals surface area (Å²) in [5.41, 5.74) is 1.25. The van der Waals surface area contributed by atoms with Crippen molar-refractivity contribution in [1.29, 1.82) is 0 Å². The second-order valence-electron chi connectivity index (χ2n) is 7.56. The highest BCUT2D eigenvalue weighted by atomic mass is 16.2. The van der Waals surface area contributed by atoms with E-state index in [9.17, 15) is 9.59 Å². The van der Waals surface area contributed by atoms with E-state index in [0.717, 1.165) is 31.6 Å². The third-order valence-electron chi connectivity index (χ3n) is 5.56. The minimum Gasteiger partial charge on any atom is -0.343 e. The molecule has 1 fully saturated rings. The van der Waals surface area contributed by atoms with Gasteiger partial charge in [0.2, 0.25) is 5.91 Å². The number of aromatic nitrogens is 4. The normalized spacial score (nSPS) is 15.3. The predicted octanol–water partition coefficient (Wildman–Crippen LogP) is 2.54. The molecule has 0 saturated carbocycles. The van der Waals surface area contributed by atoms with Crippen molar-refractivity contribution in [2.75, 3.05) is 13.1 Å². The molecule has 0 unspecified atom stereocenters. The van der Waals surface area contributed by atoms with Gasteiger partial charge >= 0.3 is 0 Å². The van der Waals surface area contributed by atoms with Crippen molar-refractivity contribution in [2.24, 2.45) is 5.92 Å². The zero-order valence-corrected chi connectivity index (χ0v) is 16.3. The van der Waals surface area contributed by atoms with Crippen molar-refractivity contribution < 1.29 is 4.79 Å². The summed E-state index contributed by atoms with van der Waals surface area (Å²) in [6.07, 6.45) is 3.98. The number of hydrogen-bond acceptors (Lipinski definition) is 4. The van der Waals surface area contributed by atoms with E-state index in [1.165, 1.54) is 0 Å². The minimum atomic E-state index is -0.148. The van der Waals surface area contributed by atoms with Gasteiger partial charge in [0.15, 0.2) is 5.65 Å². The molecule has 7 nitrogen and oxygen atoms in total. The Balaban J connectivity index is 1.57. The van der Waals surface area contributed by atoms with Gasteiger partial charge in [0.1, 0.15) is 11.2 Å². The van der Waals surface area contributed by atoms with Crippen LogP contribution < -0.4 is 5.56 Å². The van der Waals surface area contributed by atoms with Gasteiger partial charge in [-0.1, -0.05) is 25.1 Å². The second kappa shape index (κ2) is 7.58. The van der Waals surface area contributed by atoms with Gasteiger partial charge < -0.3 is 4.90 Å². The van der Waals surface area contributed by atoms with Crippen LogP contribution in [0.25, 0.3) is 16.7 Å². The van der Waals surface area contributed by atoms with E-state index >= 15 is 0 Å². The predicted molar refractivity (Wildman–Crippen MR) is 107 cm³/mol. The largest absolute Gasteiger partial charge is 0.343 e. The van der Waals surface area contributed by atoms with Gasteiger partial charge in [-0.15, -0.1) is 0 Å². The van der Waals surface area contributed by atoms with Crippen LogP contribution in [0.2, 0.25) is 0 Å². The van der Waals surface area contributed by atoms with E-state index in [2.05, 4.69) is 17.0 Å². The molecular formula is C21H25N5O2. The topological polar surface area (TPSA) is 73.0 Å². The molecule has 2 aromatic heterocycles. The van der Waals surface area contributed by atoms with Gasteiger partial charge in [-0.3, -0.25) is 14.2 Å². The van der Waals surface area contributed by atoms with Crippen LogP contribution in [0.5, 0.6) is 0 Å². The molecule has 7 heteroatoms. The molecule has 1 saturated heterocycles. The number of benzene rings is 1. The molecular weight excluding hydrogens is 354 g/mol. The zero-order valence-electron chi connectivity index (χ0n) is 16.3. The first-order chi connectivity index (χ1) is 13.5. The van der Waals surface area contributed by atoms with Crippen LogP contribution in [-0.2, 0) is 11.3 Å². The number of hydrogen-bond donors (Lipinski definition) is 0. The van der Waals surface area contributed by atoms with Crippen LogP contribution in [-0.4, -0.2) is 43.2 Å². The Morgan fingerprint density at radius 3 is 2.61 bits per heavy atom. The first kappa shape index (κ1) is 18.4. The van der Waals surface area contributed by atoms with Crippen LogP contribution in [0.15, 0.2) is 41.3 Å². The summed E-state index contributed by atoms with van der Waals surface area (Å²) < 4.78 is 3.26. The van der Waals surface area contributed by atoms with E-state index in [1.54, 1.807) is 22.4 Å². The van der Waals surface area contributed by atoms with Crippen molar-refractivity contribution in [3.05, 3.63) is 52.7 Å². The number of amides is 1. The molecule has 1 aromatic carbocycles. The molecule has 146 valence electrons. The van der Waals surface area contributed by atoms with Crippen LogP contribution >= 0.6 is 0 Å². The minimum absolute atomic E-state index is 0.110. The average molecular weight is 379 g/mol. The summed E-state index contributed by atoms with van der Waals surface area (Å²) in [6, 6.07) is 9.62. The summed E-state index contributed by atoms with van der Waals surface area (Å²) >= 11 is 0. The fourth-order valence-electron chi connectivity index (χ4n) is 3.75. The van der Waals surface area contributed by atoms with Gasteiger partial charge in [-0.05, 0) is 37.8 Å². The third kappa shape index (κ3) is 3.44. The molecule has 3 heterocycles. The summed E-state index contributed by atoms with van der Waals surface area (Å²) in [5, 5.41) is 4.82. The molecule has 1 amide bonds. The molecule has 0 spiro atoms. The van der Waals surface area contributed by atoms with Crippen molar-refractivity contribution in [2.45, 2.75) is 39.7 Å². The number of rotatable bonds is 4. The van der Waals surface area contributed by atoms with Crippen molar-refractivity contribution in [3.8, 4) is 5.69 Å². The first-order valence-corrected chi connectivity index (χ1v) is 9.83. The Morgan fingerprint density at radius 1 is 1.18 bits per heavy atom. The number of para-hydroxylation sites is 1. The molecule has 0 bridgehead atoms. The number of carbonyl (C=O) groups excluding carboxylic acids is 1. The first-order valence-electron chi connectivity index (χ1n) is 9.83. The molecule has 1 aliphatic heterocycles. The van der Waals surface area contributed by atoms with E-state index in [1.807, 2.05) is 35.2 Å². The lowest BCUT2D eigenvalue weighted by Gasteiger charge is -2.30. The Morgan fingerprint density at radius 2 is 1.89 bits per heavy atom. The van der Waals surface area contributed by atoms with Gasteiger partial charge in [0.05, 0.1) is 11.9 Å². The summed E-state index contributed by atoms with van der Waals surface area (Å²) in [4.78, 5) is 32.0. The van der Waals surface area contributed by atoms with E-state index in [0.29, 0.717) is 35.7 Å². The Kier molecular flexibility index (Phi) is 4.98. The highest BCUT2D eigenvalue weighted by Crippen LogP contribution is 2.17. The van der Waals surface area contributed by atoms with Crippen LogP contribution in [0.3, 0.4) is 0 Å².